The Labute approximate surface area is 68.2 Å². The van der Waals surface area contributed by atoms with Crippen LogP contribution < -0.4 is 0 Å². The maximum atomic E-state index is 9.85. The summed E-state index contributed by atoms with van der Waals surface area (Å²) in [5, 5.41) is 18.8. The molecule has 2 unspecified atom stereocenters. The Morgan fingerprint density at radius 2 is 2.00 bits per heavy atom. The summed E-state index contributed by atoms with van der Waals surface area (Å²) in [4.78, 5) is 0. The minimum Gasteiger partial charge on any atom is -0.393 e. The van der Waals surface area contributed by atoms with E-state index in [-0.39, 0.29) is 12.0 Å². The van der Waals surface area contributed by atoms with Crippen molar-refractivity contribution in [3.63, 3.8) is 0 Å². The van der Waals surface area contributed by atoms with Crippen molar-refractivity contribution >= 4 is 0 Å². The molecule has 0 heterocycles. The van der Waals surface area contributed by atoms with Crippen LogP contribution in [0.3, 0.4) is 0 Å². The van der Waals surface area contributed by atoms with Crippen LogP contribution in [0.2, 0.25) is 0 Å². The fourth-order valence-electron chi connectivity index (χ4n) is 1.85. The second-order valence-corrected chi connectivity index (χ2v) is 4.36. The van der Waals surface area contributed by atoms with E-state index in [1.54, 1.807) is 0 Å². The molecular formula is C9H18O2. The average molecular weight is 158 g/mol. The summed E-state index contributed by atoms with van der Waals surface area (Å²) < 4.78 is 0. The zero-order valence-corrected chi connectivity index (χ0v) is 7.59. The van der Waals surface area contributed by atoms with E-state index < -0.39 is 5.60 Å². The number of hydrogen-bond acceptors (Lipinski definition) is 2. The van der Waals surface area contributed by atoms with E-state index in [2.05, 4.69) is 13.8 Å². The second-order valence-electron chi connectivity index (χ2n) is 4.36. The highest BCUT2D eigenvalue weighted by atomic mass is 16.3. The van der Waals surface area contributed by atoms with E-state index in [1.165, 1.54) is 0 Å². The van der Waals surface area contributed by atoms with Gasteiger partial charge in [-0.05, 0) is 24.2 Å². The molecule has 1 rings (SSSR count). The topological polar surface area (TPSA) is 40.5 Å². The summed E-state index contributed by atoms with van der Waals surface area (Å²) >= 11 is 0. The van der Waals surface area contributed by atoms with Crippen molar-refractivity contribution in [2.24, 2.45) is 11.3 Å². The molecule has 0 aromatic carbocycles. The first-order chi connectivity index (χ1) is 4.96. The molecule has 0 aromatic heterocycles. The molecule has 2 atom stereocenters. The minimum atomic E-state index is -0.816. The molecule has 11 heavy (non-hydrogen) atoms. The maximum Gasteiger partial charge on any atom is 0.0908 e. The van der Waals surface area contributed by atoms with E-state index >= 15 is 0 Å². The molecule has 0 bridgehead atoms. The molecule has 2 nitrogen and oxygen atoms in total. The highest BCUT2D eigenvalue weighted by molar-refractivity contribution is 5.06. The van der Waals surface area contributed by atoms with Crippen LogP contribution in [0.4, 0.5) is 0 Å². The lowest BCUT2D eigenvalue weighted by Crippen LogP contribution is -2.36. The fraction of sp³-hybridized carbons (Fsp3) is 1.00. The molecule has 1 aliphatic rings. The van der Waals surface area contributed by atoms with Gasteiger partial charge in [0.15, 0.2) is 0 Å². The normalized spacial score (nSPS) is 33.0. The molecule has 0 radical (unpaired) electrons. The van der Waals surface area contributed by atoms with Gasteiger partial charge < -0.3 is 10.2 Å². The van der Waals surface area contributed by atoms with Crippen LogP contribution in [0, 0.1) is 11.3 Å². The number of aliphatic hydroxyl groups is 2. The molecule has 0 aromatic rings. The van der Waals surface area contributed by atoms with Crippen molar-refractivity contribution in [3.8, 4) is 0 Å². The van der Waals surface area contributed by atoms with Crippen LogP contribution >= 0.6 is 0 Å². The predicted molar refractivity (Wildman–Crippen MR) is 44.2 cm³/mol. The van der Waals surface area contributed by atoms with Gasteiger partial charge in [-0.15, -0.1) is 0 Å². The zero-order chi connectivity index (χ0) is 8.70. The summed E-state index contributed by atoms with van der Waals surface area (Å²) in [6.45, 7) is 6.09. The van der Waals surface area contributed by atoms with Gasteiger partial charge in [0.1, 0.15) is 0 Å². The molecule has 2 N–H and O–H groups in total. The second kappa shape index (κ2) is 2.46. The molecule has 66 valence electrons. The summed E-state index contributed by atoms with van der Waals surface area (Å²) in [5.74, 6) is 0.296. The van der Waals surface area contributed by atoms with E-state index in [0.29, 0.717) is 12.3 Å². The van der Waals surface area contributed by atoms with Gasteiger partial charge in [-0.25, -0.2) is 0 Å². The van der Waals surface area contributed by atoms with Gasteiger partial charge in [0.25, 0.3) is 0 Å². The summed E-state index contributed by atoms with van der Waals surface area (Å²) in [5.41, 5.74) is -0.572. The average Bonchev–Trinajstić information content (AvgIpc) is 2.59. The first-order valence-corrected chi connectivity index (χ1v) is 4.29. The Hall–Kier alpha value is -0.0800. The van der Waals surface area contributed by atoms with Crippen LogP contribution in [-0.4, -0.2) is 22.4 Å². The fourth-order valence-corrected chi connectivity index (χ4v) is 1.85. The van der Waals surface area contributed by atoms with Gasteiger partial charge in [-0.3, -0.25) is 0 Å². The largest absolute Gasteiger partial charge is 0.393 e. The van der Waals surface area contributed by atoms with Gasteiger partial charge in [0.2, 0.25) is 0 Å². The quantitative estimate of drug-likeness (QED) is 0.647. The van der Waals surface area contributed by atoms with Crippen LogP contribution in [0.5, 0.6) is 0 Å². The smallest absolute Gasteiger partial charge is 0.0908 e. The van der Waals surface area contributed by atoms with Crippen molar-refractivity contribution < 1.29 is 10.2 Å². The lowest BCUT2D eigenvalue weighted by atomic mass is 9.91. The number of aliphatic hydroxyl groups excluding tert-OH is 1. The third-order valence-electron chi connectivity index (χ3n) is 3.05. The van der Waals surface area contributed by atoms with E-state index in [9.17, 15) is 5.11 Å². The first-order valence-electron chi connectivity index (χ1n) is 4.29. The molecular weight excluding hydrogens is 140 g/mol. The lowest BCUT2D eigenvalue weighted by Gasteiger charge is -2.25. The van der Waals surface area contributed by atoms with Crippen molar-refractivity contribution in [1.82, 2.24) is 0 Å². The third-order valence-corrected chi connectivity index (χ3v) is 3.05. The molecule has 1 fully saturated rings. The SMILES string of the molecule is CCC(O)(CO)C1CC1(C)C. The van der Waals surface area contributed by atoms with Crippen molar-refractivity contribution in [1.29, 1.82) is 0 Å². The van der Waals surface area contributed by atoms with Crippen molar-refractivity contribution in [3.05, 3.63) is 0 Å². The van der Waals surface area contributed by atoms with Crippen LogP contribution in [0.25, 0.3) is 0 Å². The maximum absolute atomic E-state index is 9.85. The summed E-state index contributed by atoms with van der Waals surface area (Å²) in [6, 6.07) is 0. The molecule has 2 heteroatoms. The van der Waals surface area contributed by atoms with Gasteiger partial charge in [0, 0.05) is 0 Å². The van der Waals surface area contributed by atoms with Crippen LogP contribution in [0.15, 0.2) is 0 Å². The Kier molecular flexibility index (Phi) is 2.01. The number of rotatable bonds is 3. The highest BCUT2D eigenvalue weighted by Gasteiger charge is 2.56. The van der Waals surface area contributed by atoms with E-state index in [4.69, 9.17) is 5.11 Å². The standard InChI is InChI=1S/C9H18O2/c1-4-9(11,6-10)7-5-8(7,2)3/h7,10-11H,4-6H2,1-3H3. The van der Waals surface area contributed by atoms with Crippen molar-refractivity contribution in [2.45, 2.75) is 39.2 Å². The lowest BCUT2D eigenvalue weighted by molar-refractivity contribution is -0.0443. The Morgan fingerprint density at radius 1 is 1.55 bits per heavy atom. The van der Waals surface area contributed by atoms with Gasteiger partial charge in [-0.1, -0.05) is 20.8 Å². The Bertz CT molecular complexity index is 148. The Balaban J connectivity index is 2.59. The van der Waals surface area contributed by atoms with Gasteiger partial charge >= 0.3 is 0 Å². The van der Waals surface area contributed by atoms with Gasteiger partial charge in [0.05, 0.1) is 12.2 Å². The number of hydrogen-bond donors (Lipinski definition) is 2. The van der Waals surface area contributed by atoms with E-state index in [1.807, 2.05) is 6.92 Å². The molecule has 0 saturated heterocycles. The van der Waals surface area contributed by atoms with Crippen molar-refractivity contribution in [2.75, 3.05) is 6.61 Å². The monoisotopic (exact) mass is 158 g/mol. The Morgan fingerprint density at radius 3 is 2.09 bits per heavy atom. The van der Waals surface area contributed by atoms with Crippen LogP contribution in [0.1, 0.15) is 33.6 Å². The molecule has 0 spiro atoms. The molecule has 0 amide bonds. The summed E-state index contributed by atoms with van der Waals surface area (Å²) in [7, 11) is 0. The molecule has 0 aliphatic heterocycles. The summed E-state index contributed by atoms with van der Waals surface area (Å²) in [6.07, 6.45) is 1.69. The van der Waals surface area contributed by atoms with E-state index in [0.717, 1.165) is 6.42 Å². The minimum absolute atomic E-state index is 0.0996. The zero-order valence-electron chi connectivity index (χ0n) is 7.59. The third kappa shape index (κ3) is 1.42. The first kappa shape index (κ1) is 9.01. The predicted octanol–water partition coefficient (Wildman–Crippen LogP) is 1.17. The van der Waals surface area contributed by atoms with Crippen LogP contribution in [-0.2, 0) is 0 Å². The molecule has 1 saturated carbocycles. The van der Waals surface area contributed by atoms with Gasteiger partial charge in [-0.2, -0.15) is 0 Å². The highest BCUT2D eigenvalue weighted by Crippen LogP contribution is 2.57. The molecule has 1 aliphatic carbocycles.